The van der Waals surface area contributed by atoms with Gasteiger partial charge in [-0.05, 0) is 60.6 Å². The number of ether oxygens (including phenoxy) is 2. The average Bonchev–Trinajstić information content (AvgIpc) is 2.82. The van der Waals surface area contributed by atoms with E-state index in [-0.39, 0.29) is 16.4 Å². The van der Waals surface area contributed by atoms with Gasteiger partial charge in [-0.25, -0.2) is 9.29 Å². The van der Waals surface area contributed by atoms with Gasteiger partial charge in [0.15, 0.2) is 16.6 Å². The van der Waals surface area contributed by atoms with Gasteiger partial charge in [0.2, 0.25) is 0 Å². The molecule has 1 fully saturated rings. The van der Waals surface area contributed by atoms with Crippen molar-refractivity contribution in [1.29, 1.82) is 0 Å². The second kappa shape index (κ2) is 9.84. The summed E-state index contributed by atoms with van der Waals surface area (Å²) in [4.78, 5) is 26.6. The molecule has 0 spiro atoms. The Morgan fingerprint density at radius 1 is 1.03 bits per heavy atom. The Hall–Kier alpha value is -4.04. The summed E-state index contributed by atoms with van der Waals surface area (Å²) in [5.41, 5.74) is 2.45. The number of halogens is 1. The summed E-state index contributed by atoms with van der Waals surface area (Å²) in [6.07, 6.45) is 1.40. The van der Waals surface area contributed by atoms with Gasteiger partial charge in [0.25, 0.3) is 11.8 Å². The first kappa shape index (κ1) is 23.1. The minimum absolute atomic E-state index is 0.0409. The average molecular weight is 477 g/mol. The molecule has 0 atom stereocenters. The van der Waals surface area contributed by atoms with Crippen LogP contribution in [0.3, 0.4) is 0 Å². The molecule has 6 nitrogen and oxygen atoms in total. The molecule has 1 N–H and O–H groups in total. The molecule has 1 heterocycles. The maximum Gasteiger partial charge on any atom is 0.270 e. The number of thiocarbonyl (C=S) groups is 1. The zero-order valence-corrected chi connectivity index (χ0v) is 19.3. The number of benzene rings is 3. The summed E-state index contributed by atoms with van der Waals surface area (Å²) >= 11 is 5.12. The van der Waals surface area contributed by atoms with Crippen molar-refractivity contribution in [2.24, 2.45) is 0 Å². The number of para-hydroxylation sites is 1. The van der Waals surface area contributed by atoms with Gasteiger partial charge in [-0.3, -0.25) is 14.9 Å². The van der Waals surface area contributed by atoms with E-state index in [4.69, 9.17) is 21.7 Å². The number of hydrogen-bond donors (Lipinski definition) is 1. The second-order valence-corrected chi connectivity index (χ2v) is 7.98. The van der Waals surface area contributed by atoms with E-state index in [9.17, 15) is 14.0 Å². The van der Waals surface area contributed by atoms with Crippen LogP contribution in [0.4, 0.5) is 10.1 Å². The molecule has 1 aliphatic rings. The van der Waals surface area contributed by atoms with Crippen LogP contribution < -0.4 is 19.7 Å². The van der Waals surface area contributed by atoms with Crippen molar-refractivity contribution in [1.82, 2.24) is 5.32 Å². The predicted molar refractivity (Wildman–Crippen MR) is 131 cm³/mol. The summed E-state index contributed by atoms with van der Waals surface area (Å²) in [6, 6.07) is 18.7. The fraction of sp³-hybridized carbons (Fsp3) is 0.115. The first-order valence-electron chi connectivity index (χ1n) is 10.4. The molecule has 0 unspecified atom stereocenters. The molecule has 3 aromatic carbocycles. The molecule has 0 radical (unpaired) electrons. The summed E-state index contributed by atoms with van der Waals surface area (Å²) in [5, 5.41) is 2.26. The molecule has 172 valence electrons. The number of nitrogens with zero attached hydrogens (tertiary/aromatic N) is 1. The van der Waals surface area contributed by atoms with Gasteiger partial charge >= 0.3 is 0 Å². The van der Waals surface area contributed by atoms with Crippen LogP contribution in [-0.4, -0.2) is 24.0 Å². The van der Waals surface area contributed by atoms with E-state index in [1.165, 1.54) is 31.4 Å². The molecule has 4 rings (SSSR count). The highest BCUT2D eigenvalue weighted by Crippen LogP contribution is 2.31. The predicted octanol–water partition coefficient (Wildman–Crippen LogP) is 4.55. The van der Waals surface area contributed by atoms with Gasteiger partial charge < -0.3 is 9.47 Å². The van der Waals surface area contributed by atoms with Crippen LogP contribution in [0.2, 0.25) is 0 Å². The molecule has 1 saturated heterocycles. The van der Waals surface area contributed by atoms with E-state index in [0.29, 0.717) is 23.7 Å². The maximum absolute atomic E-state index is 14.3. The molecule has 0 aliphatic carbocycles. The molecular weight excluding hydrogens is 455 g/mol. The van der Waals surface area contributed by atoms with Crippen molar-refractivity contribution in [3.63, 3.8) is 0 Å². The van der Waals surface area contributed by atoms with Crippen LogP contribution in [0, 0.1) is 12.7 Å². The fourth-order valence-corrected chi connectivity index (χ4v) is 3.81. The Morgan fingerprint density at radius 2 is 1.82 bits per heavy atom. The molecule has 2 amide bonds. The molecule has 0 saturated carbocycles. The van der Waals surface area contributed by atoms with Gasteiger partial charge in [0.05, 0.1) is 12.8 Å². The summed E-state index contributed by atoms with van der Waals surface area (Å²) in [7, 11) is 1.50. The van der Waals surface area contributed by atoms with Crippen molar-refractivity contribution in [2.75, 3.05) is 12.0 Å². The van der Waals surface area contributed by atoms with E-state index in [1.54, 1.807) is 24.3 Å². The number of carbonyl (C=O) groups is 2. The van der Waals surface area contributed by atoms with Gasteiger partial charge in [0, 0.05) is 0 Å². The third-order valence-corrected chi connectivity index (χ3v) is 5.46. The molecule has 0 bridgehead atoms. The smallest absolute Gasteiger partial charge is 0.270 e. The molecule has 34 heavy (non-hydrogen) atoms. The van der Waals surface area contributed by atoms with Crippen molar-refractivity contribution in [2.45, 2.75) is 13.5 Å². The Kier molecular flexibility index (Phi) is 6.70. The highest BCUT2D eigenvalue weighted by Gasteiger charge is 2.35. The number of nitrogens with one attached hydrogen (secondary N) is 1. The summed E-state index contributed by atoms with van der Waals surface area (Å²) < 4.78 is 25.7. The third-order valence-electron chi connectivity index (χ3n) is 5.17. The Balaban J connectivity index is 1.60. The number of hydrogen-bond acceptors (Lipinski definition) is 5. The van der Waals surface area contributed by atoms with Crippen molar-refractivity contribution < 1.29 is 23.5 Å². The normalized spacial score (nSPS) is 14.9. The van der Waals surface area contributed by atoms with Crippen LogP contribution in [-0.2, 0) is 16.2 Å². The van der Waals surface area contributed by atoms with E-state index in [2.05, 4.69) is 5.32 Å². The Bertz CT molecular complexity index is 1320. The van der Waals surface area contributed by atoms with Crippen LogP contribution >= 0.6 is 12.2 Å². The van der Waals surface area contributed by atoms with Crippen molar-refractivity contribution in [3.8, 4) is 11.5 Å². The lowest BCUT2D eigenvalue weighted by Gasteiger charge is -2.29. The number of carbonyl (C=O) groups excluding carboxylic acids is 2. The summed E-state index contributed by atoms with van der Waals surface area (Å²) in [6.45, 7) is 2.36. The second-order valence-electron chi connectivity index (χ2n) is 7.60. The zero-order chi connectivity index (χ0) is 24.2. The van der Waals surface area contributed by atoms with Crippen LogP contribution in [0.1, 0.15) is 16.7 Å². The van der Waals surface area contributed by atoms with Crippen molar-refractivity contribution >= 4 is 40.9 Å². The minimum Gasteiger partial charge on any atom is -0.493 e. The summed E-state index contributed by atoms with van der Waals surface area (Å²) in [5.74, 6) is -1.07. The van der Waals surface area contributed by atoms with Crippen LogP contribution in [0.5, 0.6) is 11.5 Å². The lowest BCUT2D eigenvalue weighted by Crippen LogP contribution is -2.54. The lowest BCUT2D eigenvalue weighted by atomic mass is 10.1. The highest BCUT2D eigenvalue weighted by molar-refractivity contribution is 7.80. The highest BCUT2D eigenvalue weighted by atomic mass is 32.1. The van der Waals surface area contributed by atoms with Gasteiger partial charge in [-0.2, -0.15) is 0 Å². The van der Waals surface area contributed by atoms with Crippen LogP contribution in [0.15, 0.2) is 72.3 Å². The fourth-order valence-electron chi connectivity index (χ4n) is 3.53. The van der Waals surface area contributed by atoms with Gasteiger partial charge in [-0.1, -0.05) is 48.0 Å². The van der Waals surface area contributed by atoms with Crippen LogP contribution in [0.25, 0.3) is 6.08 Å². The van der Waals surface area contributed by atoms with Crippen molar-refractivity contribution in [3.05, 3.63) is 94.8 Å². The van der Waals surface area contributed by atoms with Gasteiger partial charge in [-0.15, -0.1) is 0 Å². The largest absolute Gasteiger partial charge is 0.493 e. The quantitative estimate of drug-likeness (QED) is 0.321. The molecular formula is C26H21FN2O4S. The monoisotopic (exact) mass is 476 g/mol. The Morgan fingerprint density at radius 3 is 2.56 bits per heavy atom. The topological polar surface area (TPSA) is 67.9 Å². The molecule has 0 aromatic heterocycles. The standard InChI is InChI=1S/C26H21FN2O4S/c1-16-6-5-7-18(12-16)15-33-22-11-10-17(14-23(22)32-2)13-19-24(30)28-26(34)29(25(19)31)21-9-4-3-8-20(21)27/h3-14H,15H2,1-2H3,(H,28,30,34)/b19-13+. The van der Waals surface area contributed by atoms with Gasteiger partial charge in [0.1, 0.15) is 18.0 Å². The molecule has 3 aromatic rings. The lowest BCUT2D eigenvalue weighted by molar-refractivity contribution is -0.122. The van der Waals surface area contributed by atoms with E-state index < -0.39 is 17.6 Å². The number of rotatable bonds is 6. The van der Waals surface area contributed by atoms with E-state index in [0.717, 1.165) is 16.0 Å². The number of aryl methyl sites for hydroxylation is 1. The first-order chi connectivity index (χ1) is 16.4. The number of amides is 2. The number of methoxy groups -OCH3 is 1. The third kappa shape index (κ3) is 4.82. The Labute approximate surface area is 201 Å². The maximum atomic E-state index is 14.3. The zero-order valence-electron chi connectivity index (χ0n) is 18.5. The molecule has 1 aliphatic heterocycles. The number of anilines is 1. The minimum atomic E-state index is -0.724. The van der Waals surface area contributed by atoms with E-state index in [1.807, 2.05) is 31.2 Å². The first-order valence-corrected chi connectivity index (χ1v) is 10.8. The van der Waals surface area contributed by atoms with E-state index >= 15 is 0 Å². The molecule has 8 heteroatoms. The SMILES string of the molecule is COc1cc(/C=C2\C(=O)NC(=S)N(c3ccccc3F)C2=O)ccc1OCc1cccc(C)c1.